The highest BCUT2D eigenvalue weighted by Crippen LogP contribution is 2.25. The maximum atomic E-state index is 12.5. The first-order valence-electron chi connectivity index (χ1n) is 6.61. The number of oxime groups is 1. The lowest BCUT2D eigenvalue weighted by molar-refractivity contribution is -0.138. The third-order valence-corrected chi connectivity index (χ3v) is 3.15. The highest BCUT2D eigenvalue weighted by molar-refractivity contribution is 5.92. The summed E-state index contributed by atoms with van der Waals surface area (Å²) < 4.78 is 37.4. The van der Waals surface area contributed by atoms with Crippen molar-refractivity contribution in [3.05, 3.63) is 33.7 Å². The molecule has 0 saturated heterocycles. The van der Waals surface area contributed by atoms with Crippen molar-refractivity contribution in [2.75, 3.05) is 6.54 Å². The summed E-state index contributed by atoms with van der Waals surface area (Å²) in [5.41, 5.74) is -2.06. The molecular weight excluding hydrogens is 303 g/mol. The van der Waals surface area contributed by atoms with Gasteiger partial charge in [0.15, 0.2) is 0 Å². The van der Waals surface area contributed by atoms with Gasteiger partial charge in [0.2, 0.25) is 0 Å². The van der Waals surface area contributed by atoms with Gasteiger partial charge < -0.3 is 15.1 Å². The first-order chi connectivity index (χ1) is 10.3. The number of alkyl halides is 3. The average Bonchev–Trinajstić information content (AvgIpc) is 2.91. The van der Waals surface area contributed by atoms with Crippen molar-refractivity contribution in [2.24, 2.45) is 5.16 Å². The van der Waals surface area contributed by atoms with Gasteiger partial charge in [-0.3, -0.25) is 9.59 Å². The van der Waals surface area contributed by atoms with Gasteiger partial charge >= 0.3 is 6.18 Å². The van der Waals surface area contributed by atoms with Crippen LogP contribution < -0.4 is 10.9 Å². The molecule has 1 aromatic heterocycles. The molecule has 1 aromatic rings. The van der Waals surface area contributed by atoms with Crippen LogP contribution in [0.15, 0.2) is 22.1 Å². The summed E-state index contributed by atoms with van der Waals surface area (Å²) >= 11 is 0. The zero-order chi connectivity index (χ0) is 16.3. The number of carbonyl (C=O) groups is 1. The Bertz CT molecular complexity index is 652. The molecular formula is C13H14F3N3O3. The maximum absolute atomic E-state index is 12.5. The summed E-state index contributed by atoms with van der Waals surface area (Å²) in [6.07, 6.45) is -3.73. The molecule has 1 atom stereocenters. The minimum Gasteiger partial charge on any atom is -0.390 e. The number of nitrogens with zero attached hydrogens (tertiary/aromatic N) is 1. The minimum atomic E-state index is -4.76. The molecule has 1 aliphatic rings. The molecule has 2 N–H and O–H groups in total. The normalized spacial score (nSPS) is 17.8. The molecule has 1 amide bonds. The van der Waals surface area contributed by atoms with E-state index in [4.69, 9.17) is 4.84 Å². The molecule has 0 fully saturated rings. The third kappa shape index (κ3) is 3.66. The topological polar surface area (TPSA) is 83.5 Å². The molecule has 120 valence electrons. The molecule has 9 heteroatoms. The fraction of sp³-hybridized carbons (Fsp3) is 0.462. The summed E-state index contributed by atoms with van der Waals surface area (Å²) in [5.74, 6) is -0.681. The lowest BCUT2D eigenvalue weighted by atomic mass is 10.1. The predicted octanol–water partition coefficient (Wildman–Crippen LogP) is 1.68. The third-order valence-electron chi connectivity index (χ3n) is 3.15. The number of aromatic amines is 1. The Morgan fingerprint density at radius 3 is 2.77 bits per heavy atom. The van der Waals surface area contributed by atoms with Crippen LogP contribution in [0.25, 0.3) is 0 Å². The predicted molar refractivity (Wildman–Crippen MR) is 71.6 cm³/mol. The lowest BCUT2D eigenvalue weighted by Crippen LogP contribution is -2.34. The van der Waals surface area contributed by atoms with Crippen molar-refractivity contribution in [1.29, 1.82) is 0 Å². The monoisotopic (exact) mass is 317 g/mol. The van der Waals surface area contributed by atoms with E-state index in [9.17, 15) is 22.8 Å². The summed E-state index contributed by atoms with van der Waals surface area (Å²) in [6.45, 7) is 2.07. The number of nitrogens with one attached hydrogen (secondary N) is 2. The van der Waals surface area contributed by atoms with E-state index in [0.717, 1.165) is 18.2 Å². The van der Waals surface area contributed by atoms with Gasteiger partial charge in [0, 0.05) is 6.42 Å². The number of rotatable bonds is 4. The molecule has 0 radical (unpaired) electrons. The second kappa shape index (κ2) is 6.20. The van der Waals surface area contributed by atoms with Crippen LogP contribution in [0.2, 0.25) is 0 Å². The lowest BCUT2D eigenvalue weighted by Gasteiger charge is -2.10. The van der Waals surface area contributed by atoms with E-state index < -0.39 is 23.2 Å². The molecule has 1 aliphatic heterocycles. The SMILES string of the molecule is CCC1=NOC(CNC(=O)c2ccc(C(F)(F)F)c(=O)[nH]2)C1. The first-order valence-corrected chi connectivity index (χ1v) is 6.61. The van der Waals surface area contributed by atoms with Crippen LogP contribution in [0.3, 0.4) is 0 Å². The minimum absolute atomic E-state index is 0.148. The van der Waals surface area contributed by atoms with Crippen LogP contribution in [-0.2, 0) is 11.0 Å². The van der Waals surface area contributed by atoms with E-state index in [-0.39, 0.29) is 18.3 Å². The largest absolute Gasteiger partial charge is 0.421 e. The number of carbonyl (C=O) groups excluding carboxylic acids is 1. The molecule has 0 bridgehead atoms. The van der Waals surface area contributed by atoms with Gasteiger partial charge in [-0.15, -0.1) is 0 Å². The Balaban J connectivity index is 1.96. The molecule has 0 aromatic carbocycles. The Hall–Kier alpha value is -2.32. The van der Waals surface area contributed by atoms with Crippen molar-refractivity contribution in [3.8, 4) is 0 Å². The first kappa shape index (κ1) is 16.1. The number of pyridine rings is 1. The molecule has 22 heavy (non-hydrogen) atoms. The molecule has 2 heterocycles. The van der Waals surface area contributed by atoms with E-state index in [0.29, 0.717) is 12.5 Å². The number of hydrogen-bond donors (Lipinski definition) is 2. The molecule has 0 spiro atoms. The molecule has 0 saturated carbocycles. The molecule has 0 aliphatic carbocycles. The Morgan fingerprint density at radius 2 is 2.23 bits per heavy atom. The van der Waals surface area contributed by atoms with Crippen LogP contribution in [0.5, 0.6) is 0 Å². The number of amides is 1. The summed E-state index contributed by atoms with van der Waals surface area (Å²) in [7, 11) is 0. The number of aromatic nitrogens is 1. The average molecular weight is 317 g/mol. The van der Waals surface area contributed by atoms with E-state index >= 15 is 0 Å². The Morgan fingerprint density at radius 1 is 1.50 bits per heavy atom. The van der Waals surface area contributed by atoms with E-state index in [1.165, 1.54) is 0 Å². The quantitative estimate of drug-likeness (QED) is 0.886. The molecule has 1 unspecified atom stereocenters. The van der Waals surface area contributed by atoms with Crippen molar-refractivity contribution in [3.63, 3.8) is 0 Å². The van der Waals surface area contributed by atoms with Crippen molar-refractivity contribution < 1.29 is 22.8 Å². The smallest absolute Gasteiger partial charge is 0.390 e. The zero-order valence-electron chi connectivity index (χ0n) is 11.7. The molecule has 6 nitrogen and oxygen atoms in total. The van der Waals surface area contributed by atoms with Crippen molar-refractivity contribution in [2.45, 2.75) is 32.0 Å². The standard InChI is InChI=1S/C13H14F3N3O3/c1-2-7-5-8(22-19-7)6-17-12(21)10-4-3-9(11(20)18-10)13(14,15)16/h3-4,8H,2,5-6H2,1H3,(H,17,21)(H,18,20). The molecule has 2 rings (SSSR count). The highest BCUT2D eigenvalue weighted by atomic mass is 19.4. The Labute approximate surface area is 123 Å². The van der Waals surface area contributed by atoms with Crippen LogP contribution in [-0.4, -0.2) is 29.3 Å². The maximum Gasteiger partial charge on any atom is 0.421 e. The summed E-state index contributed by atoms with van der Waals surface area (Å²) in [6, 6.07) is 1.50. The second-order valence-electron chi connectivity index (χ2n) is 4.77. The zero-order valence-corrected chi connectivity index (χ0v) is 11.7. The van der Waals surface area contributed by atoms with Crippen molar-refractivity contribution >= 4 is 11.6 Å². The van der Waals surface area contributed by atoms with E-state index in [1.54, 1.807) is 0 Å². The van der Waals surface area contributed by atoms with Gasteiger partial charge in [0.1, 0.15) is 17.4 Å². The summed E-state index contributed by atoms with van der Waals surface area (Å²) in [4.78, 5) is 30.1. The van der Waals surface area contributed by atoms with Gasteiger partial charge in [-0.1, -0.05) is 12.1 Å². The van der Waals surface area contributed by atoms with Gasteiger partial charge in [0.25, 0.3) is 11.5 Å². The van der Waals surface area contributed by atoms with Crippen LogP contribution in [0, 0.1) is 0 Å². The van der Waals surface area contributed by atoms with Gasteiger partial charge in [-0.05, 0) is 18.6 Å². The van der Waals surface area contributed by atoms with Crippen molar-refractivity contribution in [1.82, 2.24) is 10.3 Å². The van der Waals surface area contributed by atoms with Crippen LogP contribution in [0.1, 0.15) is 35.8 Å². The number of hydrogen-bond acceptors (Lipinski definition) is 4. The second-order valence-corrected chi connectivity index (χ2v) is 4.77. The van der Waals surface area contributed by atoms with E-state index in [1.807, 2.05) is 11.9 Å². The summed E-state index contributed by atoms with van der Waals surface area (Å²) in [5, 5.41) is 6.30. The van der Waals surface area contributed by atoms with Gasteiger partial charge in [0.05, 0.1) is 12.3 Å². The number of halogens is 3. The van der Waals surface area contributed by atoms with Gasteiger partial charge in [-0.25, -0.2) is 0 Å². The van der Waals surface area contributed by atoms with Crippen LogP contribution in [0.4, 0.5) is 13.2 Å². The van der Waals surface area contributed by atoms with E-state index in [2.05, 4.69) is 10.5 Å². The number of H-pyrrole nitrogens is 1. The van der Waals surface area contributed by atoms with Crippen LogP contribution >= 0.6 is 0 Å². The Kier molecular flexibility index (Phi) is 4.53. The fourth-order valence-electron chi connectivity index (χ4n) is 1.94. The highest BCUT2D eigenvalue weighted by Gasteiger charge is 2.34. The van der Waals surface area contributed by atoms with Gasteiger partial charge in [-0.2, -0.15) is 13.2 Å². The fourth-order valence-corrected chi connectivity index (χ4v) is 1.94.